The van der Waals surface area contributed by atoms with Gasteiger partial charge in [-0.2, -0.15) is 0 Å². The molecule has 73 heavy (non-hydrogen) atoms. The van der Waals surface area contributed by atoms with Crippen molar-refractivity contribution >= 4 is 60.9 Å². The predicted octanol–water partition coefficient (Wildman–Crippen LogP) is 19.8. The zero-order valence-electron chi connectivity index (χ0n) is 42.7. The first kappa shape index (κ1) is 43.4. The molecule has 0 spiro atoms. The van der Waals surface area contributed by atoms with Crippen LogP contribution in [0.15, 0.2) is 197 Å². The van der Waals surface area contributed by atoms with Crippen LogP contribution in [0.2, 0.25) is 0 Å². The van der Waals surface area contributed by atoms with Crippen molar-refractivity contribution in [1.82, 2.24) is 0 Å². The van der Waals surface area contributed by atoms with E-state index in [2.05, 4.69) is 248 Å². The van der Waals surface area contributed by atoms with Crippen LogP contribution in [0.5, 0.6) is 0 Å². The smallest absolute Gasteiger partial charge is 0.144 e. The van der Waals surface area contributed by atoms with Crippen LogP contribution in [0, 0.1) is 27.7 Å². The molecule has 0 radical (unpaired) electrons. The normalized spacial score (nSPS) is 14.0. The Morgan fingerprint density at radius 1 is 0.342 bits per heavy atom. The molecule has 352 valence electrons. The second-order valence-corrected chi connectivity index (χ2v) is 21.9. The molecule has 10 aromatic carbocycles. The molecular formula is C70H55NO2. The lowest BCUT2D eigenvalue weighted by atomic mass is 9.80. The monoisotopic (exact) mass is 941 g/mol. The van der Waals surface area contributed by atoms with Gasteiger partial charge in [-0.05, 0) is 166 Å². The van der Waals surface area contributed by atoms with Gasteiger partial charge in [-0.25, -0.2) is 0 Å². The summed E-state index contributed by atoms with van der Waals surface area (Å²) in [6, 6.07) is 69.7. The molecule has 0 amide bonds. The van der Waals surface area contributed by atoms with E-state index in [1.165, 1.54) is 111 Å². The first-order valence-electron chi connectivity index (χ1n) is 25.7. The highest BCUT2D eigenvalue weighted by Gasteiger charge is 2.42. The fourth-order valence-corrected chi connectivity index (χ4v) is 13.0. The second-order valence-electron chi connectivity index (χ2n) is 21.9. The Hall–Kier alpha value is -8.40. The van der Waals surface area contributed by atoms with Crippen molar-refractivity contribution in [2.75, 3.05) is 4.90 Å². The molecule has 0 unspecified atom stereocenters. The van der Waals surface area contributed by atoms with E-state index < -0.39 is 0 Å². The first-order valence-corrected chi connectivity index (χ1v) is 25.7. The van der Waals surface area contributed by atoms with Crippen molar-refractivity contribution in [2.45, 2.75) is 66.2 Å². The van der Waals surface area contributed by atoms with Crippen molar-refractivity contribution in [3.8, 4) is 55.6 Å². The largest absolute Gasteiger partial charge is 0.455 e. The van der Waals surface area contributed by atoms with Crippen LogP contribution in [0.25, 0.3) is 99.5 Å². The number of furan rings is 2. The van der Waals surface area contributed by atoms with Crippen LogP contribution in [0.3, 0.4) is 0 Å². The van der Waals surface area contributed by atoms with Crippen molar-refractivity contribution in [1.29, 1.82) is 0 Å². The number of aryl methyl sites for hydroxylation is 4. The van der Waals surface area contributed by atoms with Gasteiger partial charge in [0.15, 0.2) is 0 Å². The Labute approximate surface area is 427 Å². The molecular weight excluding hydrogens is 887 g/mol. The number of rotatable bonds is 6. The van der Waals surface area contributed by atoms with Gasteiger partial charge in [-0.1, -0.05) is 166 Å². The number of benzene rings is 10. The third-order valence-electron chi connectivity index (χ3n) is 16.6. The molecule has 0 saturated carbocycles. The summed E-state index contributed by atoms with van der Waals surface area (Å²) < 4.78 is 14.0. The summed E-state index contributed by atoms with van der Waals surface area (Å²) in [5.41, 5.74) is 28.7. The van der Waals surface area contributed by atoms with Crippen LogP contribution in [-0.2, 0) is 10.8 Å². The zero-order valence-corrected chi connectivity index (χ0v) is 42.7. The molecule has 2 aliphatic carbocycles. The molecule has 2 heterocycles. The fourth-order valence-electron chi connectivity index (χ4n) is 13.0. The average Bonchev–Trinajstić information content (AvgIpc) is 4.10. The van der Waals surface area contributed by atoms with Gasteiger partial charge in [0.25, 0.3) is 0 Å². The molecule has 0 bridgehead atoms. The van der Waals surface area contributed by atoms with E-state index in [1.807, 2.05) is 0 Å². The van der Waals surface area contributed by atoms with E-state index >= 15 is 0 Å². The minimum atomic E-state index is -0.336. The zero-order chi connectivity index (χ0) is 49.7. The van der Waals surface area contributed by atoms with E-state index in [1.54, 1.807) is 0 Å². The predicted molar refractivity (Wildman–Crippen MR) is 306 cm³/mol. The van der Waals surface area contributed by atoms with Gasteiger partial charge >= 0.3 is 0 Å². The highest BCUT2D eigenvalue weighted by molar-refractivity contribution is 6.20. The van der Waals surface area contributed by atoms with Crippen molar-refractivity contribution < 1.29 is 8.83 Å². The maximum Gasteiger partial charge on any atom is 0.144 e. The van der Waals surface area contributed by atoms with Gasteiger partial charge in [0.2, 0.25) is 0 Å². The van der Waals surface area contributed by atoms with Gasteiger partial charge in [-0.3, -0.25) is 0 Å². The van der Waals surface area contributed by atoms with Gasteiger partial charge in [0, 0.05) is 60.6 Å². The number of hydrogen-bond acceptors (Lipinski definition) is 3. The Bertz CT molecular complexity index is 4060. The van der Waals surface area contributed by atoms with Crippen LogP contribution in [0.1, 0.15) is 72.2 Å². The van der Waals surface area contributed by atoms with E-state index in [0.29, 0.717) is 0 Å². The summed E-state index contributed by atoms with van der Waals surface area (Å²) in [5, 5.41) is 4.65. The number of fused-ring (bicyclic) bond motifs is 14. The number of hydrogen-bond donors (Lipinski definition) is 0. The highest BCUT2D eigenvalue weighted by Crippen LogP contribution is 2.59. The Morgan fingerprint density at radius 2 is 0.753 bits per heavy atom. The summed E-state index contributed by atoms with van der Waals surface area (Å²) in [6.07, 6.45) is 0. The van der Waals surface area contributed by atoms with Gasteiger partial charge in [0.05, 0.1) is 0 Å². The van der Waals surface area contributed by atoms with Crippen LogP contribution in [-0.4, -0.2) is 0 Å². The molecule has 0 aliphatic heterocycles. The molecule has 12 aromatic rings. The summed E-state index contributed by atoms with van der Waals surface area (Å²) in [4.78, 5) is 2.46. The molecule has 0 N–H and O–H groups in total. The average molecular weight is 942 g/mol. The number of para-hydroxylation sites is 2. The minimum absolute atomic E-state index is 0.336. The third kappa shape index (κ3) is 6.31. The molecule has 2 aliphatic rings. The molecule has 2 aromatic heterocycles. The third-order valence-corrected chi connectivity index (χ3v) is 16.6. The maximum atomic E-state index is 6.99. The van der Waals surface area contributed by atoms with Crippen LogP contribution >= 0.6 is 0 Å². The number of anilines is 3. The molecule has 14 rings (SSSR count). The molecule has 3 nitrogen and oxygen atoms in total. The van der Waals surface area contributed by atoms with E-state index in [-0.39, 0.29) is 10.8 Å². The van der Waals surface area contributed by atoms with Crippen molar-refractivity contribution in [2.24, 2.45) is 0 Å². The minimum Gasteiger partial charge on any atom is -0.455 e. The fraction of sp³-hybridized carbons (Fsp3) is 0.143. The lowest BCUT2D eigenvalue weighted by Crippen LogP contribution is -2.18. The Morgan fingerprint density at radius 3 is 1.22 bits per heavy atom. The van der Waals surface area contributed by atoms with Gasteiger partial charge in [0.1, 0.15) is 22.3 Å². The van der Waals surface area contributed by atoms with Gasteiger partial charge < -0.3 is 13.7 Å². The molecule has 0 atom stereocenters. The summed E-state index contributed by atoms with van der Waals surface area (Å²) in [5.74, 6) is 0. The number of nitrogens with zero attached hydrogens (tertiary/aromatic N) is 1. The Kier molecular flexibility index (Phi) is 9.24. The highest BCUT2D eigenvalue weighted by atomic mass is 16.3. The summed E-state index contributed by atoms with van der Waals surface area (Å²) in [6.45, 7) is 18.4. The molecule has 0 saturated heterocycles. The molecule has 0 fully saturated rings. The lowest BCUT2D eigenvalue weighted by molar-refractivity contribution is 0.653. The van der Waals surface area contributed by atoms with E-state index in [0.717, 1.165) is 50.2 Å². The maximum absolute atomic E-state index is 6.99. The Balaban J connectivity index is 0.965. The van der Waals surface area contributed by atoms with Crippen LogP contribution in [0.4, 0.5) is 17.1 Å². The summed E-state index contributed by atoms with van der Waals surface area (Å²) in [7, 11) is 0. The topological polar surface area (TPSA) is 29.5 Å². The standard InChI is InChI=1S/C70H55NO2/c1-40-22-30-49(42(3)34-40)55-38-59-65(67-63(55)53-18-12-14-20-61(53)72-67)51-32-28-47(36-57(51)69(59,5)6)71(46-26-24-45(25-27-46)44-16-10-9-11-17-44)48-29-33-52-58(37-48)70(7,8)60-39-56(50-31-23-41(2)35-43(50)4)64-54-19-13-15-21-62(54)73-68(64)66(52)60/h9-39H,1-8H3. The first-order chi connectivity index (χ1) is 35.3. The summed E-state index contributed by atoms with van der Waals surface area (Å²) >= 11 is 0. The van der Waals surface area contributed by atoms with E-state index in [9.17, 15) is 0 Å². The lowest BCUT2D eigenvalue weighted by Gasteiger charge is -2.30. The van der Waals surface area contributed by atoms with Gasteiger partial charge in [-0.15, -0.1) is 0 Å². The van der Waals surface area contributed by atoms with Crippen molar-refractivity contribution in [3.05, 3.63) is 233 Å². The van der Waals surface area contributed by atoms with Crippen molar-refractivity contribution in [3.63, 3.8) is 0 Å². The van der Waals surface area contributed by atoms with E-state index in [4.69, 9.17) is 8.83 Å². The molecule has 3 heteroatoms. The SMILES string of the molecule is Cc1ccc(-c2cc3c(c4oc5ccccc5c24)-c2ccc(N(c4ccc(-c5ccccc5)cc4)c4ccc5c(c4)C(C)(C)c4cc(-c6ccc(C)cc6C)c6c(oc7ccccc76)c4-5)cc2C3(C)C)c(C)c1. The van der Waals surface area contributed by atoms with Crippen LogP contribution < -0.4 is 4.90 Å². The second kappa shape index (κ2) is 15.6. The quantitative estimate of drug-likeness (QED) is 0.166.